The fourth-order valence-corrected chi connectivity index (χ4v) is 1.08. The number of hydrogen-bond donors (Lipinski definition) is 2. The summed E-state index contributed by atoms with van der Waals surface area (Å²) in [6, 6.07) is 3.68. The third-order valence-electron chi connectivity index (χ3n) is 1.87. The fraction of sp³-hybridized carbons (Fsp3) is 0.444. The van der Waals surface area contributed by atoms with E-state index in [-0.39, 0.29) is 6.04 Å². The number of ether oxygens (including phenoxy) is 1. The summed E-state index contributed by atoms with van der Waals surface area (Å²) < 4.78 is 4.93. The number of nitrogens with zero attached hydrogens (tertiary/aromatic N) is 1. The van der Waals surface area contributed by atoms with Gasteiger partial charge in [-0.25, -0.2) is 4.98 Å². The standard InChI is InChI=1S/C9H15N3O/c1-13-9-3-2-7(6-12-9)8(11)4-5-10/h2-3,6,8H,4-5,10-11H2,1H3/t8-/m1/s1. The largest absolute Gasteiger partial charge is 0.481 e. The lowest BCUT2D eigenvalue weighted by atomic mass is 10.1. The summed E-state index contributed by atoms with van der Waals surface area (Å²) in [5.41, 5.74) is 12.2. The summed E-state index contributed by atoms with van der Waals surface area (Å²) in [6.45, 7) is 0.590. The molecule has 72 valence electrons. The Bertz CT molecular complexity index is 248. The summed E-state index contributed by atoms with van der Waals surface area (Å²) in [6.07, 6.45) is 2.49. The van der Waals surface area contributed by atoms with Gasteiger partial charge in [0.25, 0.3) is 0 Å². The van der Waals surface area contributed by atoms with Gasteiger partial charge in [-0.1, -0.05) is 6.07 Å². The zero-order valence-electron chi connectivity index (χ0n) is 7.73. The molecule has 4 nitrogen and oxygen atoms in total. The highest BCUT2D eigenvalue weighted by molar-refractivity contribution is 5.20. The number of methoxy groups -OCH3 is 1. The minimum atomic E-state index is -0.0246. The molecule has 1 heterocycles. The van der Waals surface area contributed by atoms with E-state index in [2.05, 4.69) is 4.98 Å². The quantitative estimate of drug-likeness (QED) is 0.706. The molecule has 0 amide bonds. The molecule has 0 aliphatic rings. The zero-order valence-corrected chi connectivity index (χ0v) is 7.73. The van der Waals surface area contributed by atoms with Crippen LogP contribution >= 0.6 is 0 Å². The summed E-state index contributed by atoms with van der Waals surface area (Å²) >= 11 is 0. The molecule has 0 aliphatic carbocycles. The van der Waals surface area contributed by atoms with Crippen LogP contribution in [0.3, 0.4) is 0 Å². The van der Waals surface area contributed by atoms with Gasteiger partial charge in [0.1, 0.15) is 0 Å². The van der Waals surface area contributed by atoms with Crippen molar-refractivity contribution in [3.63, 3.8) is 0 Å². The van der Waals surface area contributed by atoms with E-state index in [9.17, 15) is 0 Å². The van der Waals surface area contributed by atoms with Crippen molar-refractivity contribution >= 4 is 0 Å². The highest BCUT2D eigenvalue weighted by Gasteiger charge is 2.04. The van der Waals surface area contributed by atoms with Gasteiger partial charge in [-0.05, 0) is 18.5 Å². The van der Waals surface area contributed by atoms with E-state index >= 15 is 0 Å². The topological polar surface area (TPSA) is 74.2 Å². The molecule has 0 spiro atoms. The lowest BCUT2D eigenvalue weighted by Gasteiger charge is -2.09. The molecule has 1 aromatic rings. The van der Waals surface area contributed by atoms with Crippen LogP contribution in [0.2, 0.25) is 0 Å². The first-order valence-corrected chi connectivity index (χ1v) is 4.23. The lowest BCUT2D eigenvalue weighted by Crippen LogP contribution is -2.15. The maximum Gasteiger partial charge on any atom is 0.212 e. The second-order valence-corrected chi connectivity index (χ2v) is 2.82. The van der Waals surface area contributed by atoms with Crippen molar-refractivity contribution in [2.75, 3.05) is 13.7 Å². The minimum Gasteiger partial charge on any atom is -0.481 e. The van der Waals surface area contributed by atoms with Crippen LogP contribution in [0, 0.1) is 0 Å². The summed E-state index contributed by atoms with van der Waals surface area (Å²) in [5, 5.41) is 0. The highest BCUT2D eigenvalue weighted by Crippen LogP contribution is 2.14. The second-order valence-electron chi connectivity index (χ2n) is 2.82. The maximum absolute atomic E-state index is 5.84. The summed E-state index contributed by atoms with van der Waals surface area (Å²) in [7, 11) is 1.59. The molecule has 4 N–H and O–H groups in total. The van der Waals surface area contributed by atoms with E-state index in [0.717, 1.165) is 12.0 Å². The van der Waals surface area contributed by atoms with Gasteiger partial charge in [-0.2, -0.15) is 0 Å². The van der Waals surface area contributed by atoms with E-state index in [0.29, 0.717) is 12.4 Å². The molecule has 1 aromatic heterocycles. The van der Waals surface area contributed by atoms with Gasteiger partial charge >= 0.3 is 0 Å². The maximum atomic E-state index is 5.84. The average Bonchev–Trinajstić information content (AvgIpc) is 2.18. The van der Waals surface area contributed by atoms with Gasteiger partial charge in [0, 0.05) is 18.3 Å². The Morgan fingerprint density at radius 1 is 1.54 bits per heavy atom. The van der Waals surface area contributed by atoms with Crippen LogP contribution in [0.5, 0.6) is 5.88 Å². The minimum absolute atomic E-state index is 0.0246. The summed E-state index contributed by atoms with van der Waals surface area (Å²) in [4.78, 5) is 4.06. The van der Waals surface area contributed by atoms with Crippen LogP contribution in [0.4, 0.5) is 0 Å². The number of hydrogen-bond acceptors (Lipinski definition) is 4. The van der Waals surface area contributed by atoms with Crippen molar-refractivity contribution < 1.29 is 4.74 Å². The van der Waals surface area contributed by atoms with Crippen molar-refractivity contribution in [1.29, 1.82) is 0 Å². The molecule has 0 aromatic carbocycles. The number of nitrogens with two attached hydrogens (primary N) is 2. The fourth-order valence-electron chi connectivity index (χ4n) is 1.08. The zero-order chi connectivity index (χ0) is 9.68. The molecule has 0 unspecified atom stereocenters. The Morgan fingerprint density at radius 3 is 2.77 bits per heavy atom. The van der Waals surface area contributed by atoms with Crippen molar-refractivity contribution in [3.8, 4) is 5.88 Å². The number of rotatable bonds is 4. The van der Waals surface area contributed by atoms with E-state index in [1.54, 1.807) is 19.4 Å². The van der Waals surface area contributed by atoms with Crippen molar-refractivity contribution in [2.45, 2.75) is 12.5 Å². The first-order chi connectivity index (χ1) is 6.27. The third-order valence-corrected chi connectivity index (χ3v) is 1.87. The Kier molecular flexibility index (Phi) is 3.67. The SMILES string of the molecule is COc1ccc([C@H](N)CCN)cn1. The van der Waals surface area contributed by atoms with Crippen LogP contribution in [0.1, 0.15) is 18.0 Å². The summed E-state index contributed by atoms with van der Waals surface area (Å²) in [5.74, 6) is 0.601. The van der Waals surface area contributed by atoms with Crippen molar-refractivity contribution in [3.05, 3.63) is 23.9 Å². The first-order valence-electron chi connectivity index (χ1n) is 4.23. The number of pyridine rings is 1. The van der Waals surface area contributed by atoms with Crippen molar-refractivity contribution in [2.24, 2.45) is 11.5 Å². The molecule has 4 heteroatoms. The van der Waals surface area contributed by atoms with Crippen LogP contribution in [0.15, 0.2) is 18.3 Å². The molecule has 0 fully saturated rings. The predicted octanol–water partition coefficient (Wildman–Crippen LogP) is 0.439. The molecule has 0 saturated heterocycles. The van der Waals surface area contributed by atoms with Gasteiger partial charge in [-0.15, -0.1) is 0 Å². The van der Waals surface area contributed by atoms with Gasteiger partial charge in [0.15, 0.2) is 0 Å². The first kappa shape index (κ1) is 9.95. The molecule has 0 aliphatic heterocycles. The molecule has 0 radical (unpaired) electrons. The van der Waals surface area contributed by atoms with Crippen LogP contribution in [0.25, 0.3) is 0 Å². The van der Waals surface area contributed by atoms with Gasteiger partial charge in [0.05, 0.1) is 7.11 Å². The Hall–Kier alpha value is -1.13. The normalized spacial score (nSPS) is 12.5. The average molecular weight is 181 g/mol. The molecule has 0 bridgehead atoms. The number of aromatic nitrogens is 1. The van der Waals surface area contributed by atoms with Crippen LogP contribution in [-0.4, -0.2) is 18.6 Å². The molecule has 1 rings (SSSR count). The monoisotopic (exact) mass is 181 g/mol. The molecular weight excluding hydrogens is 166 g/mol. The van der Waals surface area contributed by atoms with Crippen LogP contribution in [-0.2, 0) is 0 Å². The van der Waals surface area contributed by atoms with Gasteiger partial charge in [0.2, 0.25) is 5.88 Å². The van der Waals surface area contributed by atoms with Crippen LogP contribution < -0.4 is 16.2 Å². The highest BCUT2D eigenvalue weighted by atomic mass is 16.5. The Balaban J connectivity index is 2.67. The molecule has 0 saturated carbocycles. The smallest absolute Gasteiger partial charge is 0.212 e. The molecule has 1 atom stereocenters. The van der Waals surface area contributed by atoms with Gasteiger partial charge < -0.3 is 16.2 Å². The van der Waals surface area contributed by atoms with E-state index in [1.165, 1.54) is 0 Å². The van der Waals surface area contributed by atoms with E-state index < -0.39 is 0 Å². The van der Waals surface area contributed by atoms with E-state index in [4.69, 9.17) is 16.2 Å². The Labute approximate surface area is 77.9 Å². The van der Waals surface area contributed by atoms with E-state index in [1.807, 2.05) is 6.07 Å². The molecule has 13 heavy (non-hydrogen) atoms. The van der Waals surface area contributed by atoms with Gasteiger partial charge in [-0.3, -0.25) is 0 Å². The third kappa shape index (κ3) is 2.68. The van der Waals surface area contributed by atoms with Crippen molar-refractivity contribution in [1.82, 2.24) is 4.98 Å². The predicted molar refractivity (Wildman–Crippen MR) is 51.4 cm³/mol. The Morgan fingerprint density at radius 2 is 2.31 bits per heavy atom. The second kappa shape index (κ2) is 4.79. The lowest BCUT2D eigenvalue weighted by molar-refractivity contribution is 0.397. The molecular formula is C9H15N3O.